The summed E-state index contributed by atoms with van der Waals surface area (Å²) < 4.78 is 1.43. The number of nitrogens with zero attached hydrogens (tertiary/aromatic N) is 3. The number of aryl methyl sites for hydroxylation is 1. The summed E-state index contributed by atoms with van der Waals surface area (Å²) in [5, 5.41) is 7.05. The molecule has 1 N–H and O–H groups in total. The Morgan fingerprint density at radius 2 is 2.24 bits per heavy atom. The van der Waals surface area contributed by atoms with Crippen molar-refractivity contribution in [2.45, 2.75) is 13.5 Å². The van der Waals surface area contributed by atoms with Crippen LogP contribution in [0.1, 0.15) is 11.1 Å². The number of nitrogens with one attached hydrogen (secondary N) is 1. The molecule has 0 fully saturated rings. The Bertz CT molecular complexity index is 577. The highest BCUT2D eigenvalue weighted by Gasteiger charge is 2.00. The smallest absolute Gasteiger partial charge is 0.267 e. The van der Waals surface area contributed by atoms with Crippen LogP contribution in [0.15, 0.2) is 35.4 Å². The maximum absolute atomic E-state index is 11.7. The zero-order valence-electron chi connectivity index (χ0n) is 9.84. The van der Waals surface area contributed by atoms with E-state index in [1.165, 1.54) is 4.68 Å². The van der Waals surface area contributed by atoms with Gasteiger partial charge in [-0.1, -0.05) is 0 Å². The summed E-state index contributed by atoms with van der Waals surface area (Å²) in [4.78, 5) is 15.8. The summed E-state index contributed by atoms with van der Waals surface area (Å²) in [5.74, 6) is 0.780. The normalized spacial score (nSPS) is 10.2. The van der Waals surface area contributed by atoms with Gasteiger partial charge in [-0.3, -0.25) is 4.79 Å². The SMILES string of the molecule is CNc1cc(Cn2ncc(C)cc2=O)ccn1. The van der Waals surface area contributed by atoms with E-state index in [-0.39, 0.29) is 5.56 Å². The summed E-state index contributed by atoms with van der Waals surface area (Å²) in [6.07, 6.45) is 3.39. The van der Waals surface area contributed by atoms with Gasteiger partial charge in [0.15, 0.2) is 0 Å². The first-order valence-corrected chi connectivity index (χ1v) is 5.35. The third-order valence-corrected chi connectivity index (χ3v) is 2.42. The van der Waals surface area contributed by atoms with Crippen LogP contribution in [0.5, 0.6) is 0 Å². The third kappa shape index (κ3) is 2.69. The first-order valence-electron chi connectivity index (χ1n) is 5.35. The van der Waals surface area contributed by atoms with Crippen molar-refractivity contribution in [3.05, 3.63) is 52.1 Å². The molecule has 0 saturated heterocycles. The fourth-order valence-corrected chi connectivity index (χ4v) is 1.53. The zero-order chi connectivity index (χ0) is 12.3. The Kier molecular flexibility index (Phi) is 3.18. The fraction of sp³-hybridized carbons (Fsp3) is 0.250. The predicted molar refractivity (Wildman–Crippen MR) is 66.1 cm³/mol. The molecule has 0 spiro atoms. The summed E-state index contributed by atoms with van der Waals surface area (Å²) in [6.45, 7) is 2.31. The summed E-state index contributed by atoms with van der Waals surface area (Å²) in [5.41, 5.74) is 1.77. The van der Waals surface area contributed by atoms with E-state index in [0.717, 1.165) is 16.9 Å². The summed E-state index contributed by atoms with van der Waals surface area (Å²) in [6, 6.07) is 5.34. The molecule has 2 aromatic heterocycles. The lowest BCUT2D eigenvalue weighted by Crippen LogP contribution is -2.22. The summed E-state index contributed by atoms with van der Waals surface area (Å²) in [7, 11) is 1.81. The molecule has 2 rings (SSSR count). The van der Waals surface area contributed by atoms with Crippen molar-refractivity contribution in [1.82, 2.24) is 14.8 Å². The highest BCUT2D eigenvalue weighted by molar-refractivity contribution is 5.36. The first kappa shape index (κ1) is 11.3. The molecule has 0 aliphatic carbocycles. The maximum atomic E-state index is 11.7. The lowest BCUT2D eigenvalue weighted by molar-refractivity contribution is 0.636. The van der Waals surface area contributed by atoms with Gasteiger partial charge in [0.05, 0.1) is 12.7 Å². The van der Waals surface area contributed by atoms with Crippen molar-refractivity contribution in [2.24, 2.45) is 0 Å². The van der Waals surface area contributed by atoms with E-state index in [4.69, 9.17) is 0 Å². The molecule has 0 atom stereocenters. The van der Waals surface area contributed by atoms with Crippen LogP contribution in [0.2, 0.25) is 0 Å². The van der Waals surface area contributed by atoms with Crippen molar-refractivity contribution in [1.29, 1.82) is 0 Å². The van der Waals surface area contributed by atoms with Gasteiger partial charge in [-0.15, -0.1) is 0 Å². The Morgan fingerprint density at radius 3 is 2.94 bits per heavy atom. The number of hydrogen-bond acceptors (Lipinski definition) is 4. The molecule has 17 heavy (non-hydrogen) atoms. The molecule has 88 valence electrons. The molecule has 0 unspecified atom stereocenters. The van der Waals surface area contributed by atoms with Gasteiger partial charge in [-0.2, -0.15) is 5.10 Å². The van der Waals surface area contributed by atoms with E-state index in [9.17, 15) is 4.79 Å². The van der Waals surface area contributed by atoms with E-state index >= 15 is 0 Å². The zero-order valence-corrected chi connectivity index (χ0v) is 9.84. The largest absolute Gasteiger partial charge is 0.373 e. The van der Waals surface area contributed by atoms with Gasteiger partial charge in [0, 0.05) is 19.3 Å². The second-order valence-electron chi connectivity index (χ2n) is 3.83. The number of hydrogen-bond donors (Lipinski definition) is 1. The van der Waals surface area contributed by atoms with Crippen molar-refractivity contribution < 1.29 is 0 Å². The van der Waals surface area contributed by atoms with Crippen LogP contribution in [-0.4, -0.2) is 21.8 Å². The van der Waals surface area contributed by atoms with Crippen molar-refractivity contribution in [3.63, 3.8) is 0 Å². The highest BCUT2D eigenvalue weighted by atomic mass is 16.1. The molecule has 2 aromatic rings. The molecule has 0 radical (unpaired) electrons. The summed E-state index contributed by atoms with van der Waals surface area (Å²) >= 11 is 0. The molecule has 0 bridgehead atoms. The Labute approximate surface area is 99.1 Å². The van der Waals surface area contributed by atoms with E-state index in [1.54, 1.807) is 18.5 Å². The topological polar surface area (TPSA) is 59.8 Å². The molecule has 5 nitrogen and oxygen atoms in total. The van der Waals surface area contributed by atoms with E-state index in [1.807, 2.05) is 26.1 Å². The minimum atomic E-state index is -0.0900. The quantitative estimate of drug-likeness (QED) is 0.855. The molecule has 0 aromatic carbocycles. The van der Waals surface area contributed by atoms with Crippen molar-refractivity contribution in [2.75, 3.05) is 12.4 Å². The van der Waals surface area contributed by atoms with Gasteiger partial charge < -0.3 is 5.32 Å². The first-order chi connectivity index (χ1) is 8.19. The molecule has 0 amide bonds. The van der Waals surface area contributed by atoms with Crippen molar-refractivity contribution in [3.8, 4) is 0 Å². The van der Waals surface area contributed by atoms with Gasteiger partial charge in [-0.05, 0) is 30.2 Å². The minimum Gasteiger partial charge on any atom is -0.373 e. The molecular weight excluding hydrogens is 216 g/mol. The molecule has 2 heterocycles. The molecule has 0 aliphatic heterocycles. The number of pyridine rings is 1. The van der Waals surface area contributed by atoms with Gasteiger partial charge in [0.25, 0.3) is 5.56 Å². The number of rotatable bonds is 3. The van der Waals surface area contributed by atoms with Crippen LogP contribution >= 0.6 is 0 Å². The molecule has 5 heteroatoms. The lowest BCUT2D eigenvalue weighted by Gasteiger charge is -2.06. The van der Waals surface area contributed by atoms with Gasteiger partial charge in [0.1, 0.15) is 5.82 Å². The number of aromatic nitrogens is 3. The molecule has 0 saturated carbocycles. The second kappa shape index (κ2) is 4.78. The van der Waals surface area contributed by atoms with E-state index in [0.29, 0.717) is 6.54 Å². The monoisotopic (exact) mass is 230 g/mol. The number of anilines is 1. The van der Waals surface area contributed by atoms with E-state index < -0.39 is 0 Å². The van der Waals surface area contributed by atoms with Crippen LogP contribution in [0.3, 0.4) is 0 Å². The predicted octanol–water partition coefficient (Wildman–Crippen LogP) is 1.04. The highest BCUT2D eigenvalue weighted by Crippen LogP contribution is 2.06. The van der Waals surface area contributed by atoms with Crippen LogP contribution in [-0.2, 0) is 6.54 Å². The van der Waals surface area contributed by atoms with E-state index in [2.05, 4.69) is 15.4 Å². The second-order valence-corrected chi connectivity index (χ2v) is 3.83. The van der Waals surface area contributed by atoms with Crippen LogP contribution in [0.25, 0.3) is 0 Å². The van der Waals surface area contributed by atoms with Crippen molar-refractivity contribution >= 4 is 5.82 Å². The minimum absolute atomic E-state index is 0.0900. The van der Waals surface area contributed by atoms with Crippen LogP contribution in [0, 0.1) is 6.92 Å². The Morgan fingerprint density at radius 1 is 1.41 bits per heavy atom. The third-order valence-electron chi connectivity index (χ3n) is 2.42. The van der Waals surface area contributed by atoms with Crippen LogP contribution < -0.4 is 10.9 Å². The molecule has 0 aliphatic rings. The lowest BCUT2D eigenvalue weighted by atomic mass is 10.2. The Hall–Kier alpha value is -2.17. The fourth-order valence-electron chi connectivity index (χ4n) is 1.53. The standard InChI is InChI=1S/C12H14N4O/c1-9-5-12(17)16(15-7-9)8-10-3-4-14-11(6-10)13-2/h3-7H,8H2,1-2H3,(H,13,14). The Balaban J connectivity index is 2.28. The van der Waals surface area contributed by atoms with Gasteiger partial charge in [-0.25, -0.2) is 9.67 Å². The maximum Gasteiger partial charge on any atom is 0.267 e. The van der Waals surface area contributed by atoms with Crippen LogP contribution in [0.4, 0.5) is 5.82 Å². The average Bonchev–Trinajstić information content (AvgIpc) is 2.33. The van der Waals surface area contributed by atoms with Gasteiger partial charge in [0.2, 0.25) is 0 Å². The molecular formula is C12H14N4O. The van der Waals surface area contributed by atoms with Gasteiger partial charge >= 0.3 is 0 Å². The average molecular weight is 230 g/mol.